The third-order valence-electron chi connectivity index (χ3n) is 6.92. The standard InChI is InChI=1S/C27H25NO/c1-3-11-20(12-4-1)22-19-25(21-13-5-2-6-14-21)28-24-16-7-8-17-26(24)29-27(28)18-10-9-15-23(22)27/h1-8,11-14,16-17,19,22-23H,9-10,15,18H2/t22-,23+,27+/m0/s1. The molecular formula is C27H25NO. The highest BCUT2D eigenvalue weighted by Gasteiger charge is 2.58. The minimum Gasteiger partial charge on any atom is -0.465 e. The van der Waals surface area contributed by atoms with Crippen LogP contribution in [0.2, 0.25) is 0 Å². The largest absolute Gasteiger partial charge is 0.465 e. The molecule has 2 aliphatic heterocycles. The molecular weight excluding hydrogens is 354 g/mol. The summed E-state index contributed by atoms with van der Waals surface area (Å²) in [5.41, 5.74) is 4.86. The number of hydrogen-bond acceptors (Lipinski definition) is 2. The van der Waals surface area contributed by atoms with E-state index >= 15 is 0 Å². The van der Waals surface area contributed by atoms with Gasteiger partial charge in [0.2, 0.25) is 0 Å². The summed E-state index contributed by atoms with van der Waals surface area (Å²) in [5, 5.41) is 0. The first-order chi connectivity index (χ1) is 14.4. The first kappa shape index (κ1) is 16.9. The molecule has 2 heteroatoms. The fourth-order valence-corrected chi connectivity index (χ4v) is 5.72. The Morgan fingerprint density at radius 1 is 0.793 bits per heavy atom. The third kappa shape index (κ3) is 2.48. The Morgan fingerprint density at radius 3 is 2.34 bits per heavy atom. The maximum Gasteiger partial charge on any atom is 0.191 e. The Hall–Kier alpha value is -3.00. The van der Waals surface area contributed by atoms with Crippen LogP contribution in [0.1, 0.15) is 42.7 Å². The molecule has 0 bridgehead atoms. The monoisotopic (exact) mass is 379 g/mol. The van der Waals surface area contributed by atoms with Crippen LogP contribution in [0.25, 0.3) is 5.70 Å². The molecule has 0 unspecified atom stereocenters. The van der Waals surface area contributed by atoms with E-state index in [1.807, 2.05) is 0 Å². The molecule has 3 aromatic rings. The molecule has 1 spiro atoms. The van der Waals surface area contributed by atoms with E-state index in [1.54, 1.807) is 0 Å². The van der Waals surface area contributed by atoms with Gasteiger partial charge in [-0.15, -0.1) is 0 Å². The zero-order chi connectivity index (χ0) is 19.3. The van der Waals surface area contributed by atoms with Gasteiger partial charge in [-0.05, 0) is 36.1 Å². The quantitative estimate of drug-likeness (QED) is 0.497. The van der Waals surface area contributed by atoms with Crippen molar-refractivity contribution >= 4 is 11.4 Å². The van der Waals surface area contributed by atoms with E-state index in [2.05, 4.69) is 95.9 Å². The normalized spacial score (nSPS) is 27.3. The van der Waals surface area contributed by atoms with Crippen molar-refractivity contribution in [1.82, 2.24) is 0 Å². The van der Waals surface area contributed by atoms with E-state index in [4.69, 9.17) is 4.74 Å². The van der Waals surface area contributed by atoms with Gasteiger partial charge in [-0.1, -0.05) is 85.3 Å². The smallest absolute Gasteiger partial charge is 0.191 e. The maximum absolute atomic E-state index is 6.89. The number of rotatable bonds is 2. The molecule has 3 aromatic carbocycles. The average molecular weight is 380 g/mol. The van der Waals surface area contributed by atoms with Gasteiger partial charge >= 0.3 is 0 Å². The van der Waals surface area contributed by atoms with E-state index in [9.17, 15) is 0 Å². The van der Waals surface area contributed by atoms with Crippen LogP contribution in [0.5, 0.6) is 5.75 Å². The number of ether oxygens (including phenoxy) is 1. The Morgan fingerprint density at radius 2 is 1.52 bits per heavy atom. The van der Waals surface area contributed by atoms with Crippen LogP contribution < -0.4 is 9.64 Å². The van der Waals surface area contributed by atoms with E-state index in [0.29, 0.717) is 11.8 Å². The van der Waals surface area contributed by atoms with E-state index in [1.165, 1.54) is 41.8 Å². The van der Waals surface area contributed by atoms with Crippen molar-refractivity contribution in [2.75, 3.05) is 4.90 Å². The first-order valence-electron chi connectivity index (χ1n) is 10.8. The van der Waals surface area contributed by atoms with Crippen LogP contribution in [-0.4, -0.2) is 5.72 Å². The van der Waals surface area contributed by atoms with Gasteiger partial charge in [-0.3, -0.25) is 4.90 Å². The number of hydrogen-bond donors (Lipinski definition) is 0. The van der Waals surface area contributed by atoms with Crippen molar-refractivity contribution in [3.05, 3.63) is 102 Å². The molecule has 0 amide bonds. The van der Waals surface area contributed by atoms with Crippen molar-refractivity contribution < 1.29 is 4.74 Å². The molecule has 144 valence electrons. The van der Waals surface area contributed by atoms with Crippen LogP contribution in [0.15, 0.2) is 91.0 Å². The SMILES string of the molecule is C1=C(c2ccccc2)N2c3ccccc3O[C@@]23CCCC[C@@H]3[C@@H]1c1ccccc1. The number of anilines is 1. The Bertz CT molecular complexity index is 1060. The van der Waals surface area contributed by atoms with Crippen molar-refractivity contribution in [3.8, 4) is 5.75 Å². The Labute approximate surface area is 172 Å². The zero-order valence-electron chi connectivity index (χ0n) is 16.5. The molecule has 0 radical (unpaired) electrons. The number of para-hydroxylation sites is 2. The Kier molecular flexibility index (Phi) is 3.80. The fourth-order valence-electron chi connectivity index (χ4n) is 5.72. The summed E-state index contributed by atoms with van der Waals surface area (Å²) in [7, 11) is 0. The zero-order valence-corrected chi connectivity index (χ0v) is 16.5. The van der Waals surface area contributed by atoms with Crippen LogP contribution in [0.4, 0.5) is 5.69 Å². The highest BCUT2D eigenvalue weighted by molar-refractivity contribution is 5.87. The summed E-state index contributed by atoms with van der Waals surface area (Å²) in [5.74, 6) is 1.82. The van der Waals surface area contributed by atoms with Crippen LogP contribution in [0.3, 0.4) is 0 Å². The lowest BCUT2D eigenvalue weighted by Crippen LogP contribution is -2.59. The highest BCUT2D eigenvalue weighted by atomic mass is 16.5. The Balaban J connectivity index is 1.61. The van der Waals surface area contributed by atoms with Crippen LogP contribution in [-0.2, 0) is 0 Å². The van der Waals surface area contributed by atoms with Gasteiger partial charge in [0.25, 0.3) is 0 Å². The molecule has 2 nitrogen and oxygen atoms in total. The van der Waals surface area contributed by atoms with E-state index in [0.717, 1.165) is 12.2 Å². The molecule has 1 aliphatic carbocycles. The predicted molar refractivity (Wildman–Crippen MR) is 118 cm³/mol. The molecule has 3 aliphatic rings. The molecule has 6 rings (SSSR count). The lowest BCUT2D eigenvalue weighted by molar-refractivity contribution is -0.0119. The van der Waals surface area contributed by atoms with Gasteiger partial charge in [-0.2, -0.15) is 0 Å². The first-order valence-corrected chi connectivity index (χ1v) is 10.8. The van der Waals surface area contributed by atoms with Gasteiger partial charge < -0.3 is 4.74 Å². The van der Waals surface area contributed by atoms with Gasteiger partial charge in [-0.25, -0.2) is 0 Å². The molecule has 2 heterocycles. The topological polar surface area (TPSA) is 12.5 Å². The third-order valence-corrected chi connectivity index (χ3v) is 6.92. The fraction of sp³-hybridized carbons (Fsp3) is 0.259. The van der Waals surface area contributed by atoms with Gasteiger partial charge in [0, 0.05) is 24.0 Å². The highest BCUT2D eigenvalue weighted by Crippen LogP contribution is 2.59. The summed E-state index contributed by atoms with van der Waals surface area (Å²) in [6.45, 7) is 0. The van der Waals surface area contributed by atoms with Gasteiger partial charge in [0.1, 0.15) is 5.75 Å². The summed E-state index contributed by atoms with van der Waals surface area (Å²) >= 11 is 0. The summed E-state index contributed by atoms with van der Waals surface area (Å²) in [6, 6.07) is 30.4. The minimum absolute atomic E-state index is 0.289. The summed E-state index contributed by atoms with van der Waals surface area (Å²) in [6.07, 6.45) is 7.26. The second-order valence-electron chi connectivity index (χ2n) is 8.46. The van der Waals surface area contributed by atoms with E-state index < -0.39 is 0 Å². The predicted octanol–water partition coefficient (Wildman–Crippen LogP) is 6.61. The van der Waals surface area contributed by atoms with Crippen molar-refractivity contribution in [2.24, 2.45) is 5.92 Å². The van der Waals surface area contributed by atoms with E-state index in [-0.39, 0.29) is 5.72 Å². The number of nitrogens with zero attached hydrogens (tertiary/aromatic N) is 1. The number of allylic oxidation sites excluding steroid dienone is 1. The molecule has 0 N–H and O–H groups in total. The van der Waals surface area contributed by atoms with Crippen LogP contribution >= 0.6 is 0 Å². The average Bonchev–Trinajstić information content (AvgIpc) is 3.13. The molecule has 1 fully saturated rings. The number of benzene rings is 3. The molecule has 3 atom stereocenters. The molecule has 0 saturated heterocycles. The van der Waals surface area contributed by atoms with Crippen molar-refractivity contribution in [2.45, 2.75) is 37.3 Å². The summed E-state index contributed by atoms with van der Waals surface area (Å²) in [4.78, 5) is 2.53. The van der Waals surface area contributed by atoms with Crippen LogP contribution in [0, 0.1) is 5.92 Å². The van der Waals surface area contributed by atoms with Gasteiger partial charge in [0.15, 0.2) is 5.72 Å². The molecule has 1 saturated carbocycles. The van der Waals surface area contributed by atoms with Crippen molar-refractivity contribution in [1.29, 1.82) is 0 Å². The van der Waals surface area contributed by atoms with Gasteiger partial charge in [0.05, 0.1) is 5.69 Å². The van der Waals surface area contributed by atoms with Crippen molar-refractivity contribution in [3.63, 3.8) is 0 Å². The lowest BCUT2D eigenvalue weighted by atomic mass is 9.68. The minimum atomic E-state index is -0.289. The molecule has 0 aromatic heterocycles. The summed E-state index contributed by atoms with van der Waals surface area (Å²) < 4.78 is 6.89. The second kappa shape index (κ2) is 6.52. The maximum atomic E-state index is 6.89. The molecule has 29 heavy (non-hydrogen) atoms. The number of fused-ring (bicyclic) bond motifs is 2. The lowest BCUT2D eigenvalue weighted by Gasteiger charge is -2.52. The second-order valence-corrected chi connectivity index (χ2v) is 8.46.